The Morgan fingerprint density at radius 1 is 1.31 bits per heavy atom. The average molecular weight is 219 g/mol. The van der Waals surface area contributed by atoms with Gasteiger partial charge in [-0.3, -0.25) is 4.79 Å². The lowest BCUT2D eigenvalue weighted by Crippen LogP contribution is -2.12. The van der Waals surface area contributed by atoms with Crippen molar-refractivity contribution in [1.82, 2.24) is 0 Å². The van der Waals surface area contributed by atoms with Crippen LogP contribution in [0.4, 0.5) is 5.88 Å². The lowest BCUT2D eigenvalue weighted by molar-refractivity contribution is 0.279. The Labute approximate surface area is 92.3 Å². The third kappa shape index (κ3) is 1.47. The van der Waals surface area contributed by atoms with Gasteiger partial charge in [-0.1, -0.05) is 0 Å². The van der Waals surface area contributed by atoms with Gasteiger partial charge in [0.2, 0.25) is 0 Å². The first-order valence-corrected chi connectivity index (χ1v) is 4.98. The van der Waals surface area contributed by atoms with Crippen molar-refractivity contribution < 1.29 is 9.52 Å². The number of aliphatic hydroxyl groups excluding tert-OH is 1. The summed E-state index contributed by atoms with van der Waals surface area (Å²) in [6, 6.07) is 3.54. The SMILES string of the molecule is Cc1cc2oc(N)c(CO)c(=O)c2cc1C. The van der Waals surface area contributed by atoms with E-state index >= 15 is 0 Å². The second-order valence-electron chi connectivity index (χ2n) is 3.86. The topological polar surface area (TPSA) is 76.5 Å². The number of benzene rings is 1. The predicted molar refractivity (Wildman–Crippen MR) is 62.3 cm³/mol. The first-order valence-electron chi connectivity index (χ1n) is 4.98. The summed E-state index contributed by atoms with van der Waals surface area (Å²) in [4.78, 5) is 11.9. The van der Waals surface area contributed by atoms with Gasteiger partial charge in [0.25, 0.3) is 0 Å². The molecule has 0 atom stereocenters. The molecule has 0 aliphatic rings. The van der Waals surface area contributed by atoms with Gasteiger partial charge in [0.05, 0.1) is 17.6 Å². The van der Waals surface area contributed by atoms with Crippen molar-refractivity contribution in [3.8, 4) is 0 Å². The third-order valence-electron chi connectivity index (χ3n) is 2.79. The second-order valence-corrected chi connectivity index (χ2v) is 3.86. The number of aliphatic hydroxyl groups is 1. The summed E-state index contributed by atoms with van der Waals surface area (Å²) in [5, 5.41) is 9.50. The first kappa shape index (κ1) is 10.7. The lowest BCUT2D eigenvalue weighted by Gasteiger charge is -2.06. The van der Waals surface area contributed by atoms with Crippen LogP contribution in [-0.4, -0.2) is 5.11 Å². The Morgan fingerprint density at radius 2 is 1.94 bits per heavy atom. The maximum Gasteiger partial charge on any atom is 0.200 e. The van der Waals surface area contributed by atoms with Crippen LogP contribution in [0.3, 0.4) is 0 Å². The van der Waals surface area contributed by atoms with Gasteiger partial charge < -0.3 is 15.3 Å². The van der Waals surface area contributed by atoms with Crippen LogP contribution in [-0.2, 0) is 6.61 Å². The summed E-state index contributed by atoms with van der Waals surface area (Å²) in [6.07, 6.45) is 0. The summed E-state index contributed by atoms with van der Waals surface area (Å²) in [5.74, 6) is -0.0109. The van der Waals surface area contributed by atoms with Gasteiger partial charge in [-0.05, 0) is 37.1 Å². The average Bonchev–Trinajstić information content (AvgIpc) is 2.22. The van der Waals surface area contributed by atoms with Crippen molar-refractivity contribution in [2.24, 2.45) is 0 Å². The molecule has 4 nitrogen and oxygen atoms in total. The number of nitrogen functional groups attached to an aromatic ring is 1. The molecule has 1 aromatic carbocycles. The number of rotatable bonds is 1. The van der Waals surface area contributed by atoms with E-state index in [2.05, 4.69) is 0 Å². The molecule has 2 aromatic rings. The minimum Gasteiger partial charge on any atom is -0.440 e. The molecule has 1 aromatic heterocycles. The van der Waals surface area contributed by atoms with Crippen LogP contribution in [0.5, 0.6) is 0 Å². The fraction of sp³-hybridized carbons (Fsp3) is 0.250. The molecule has 0 bridgehead atoms. The molecule has 0 unspecified atom stereocenters. The van der Waals surface area contributed by atoms with Gasteiger partial charge in [0, 0.05) is 0 Å². The van der Waals surface area contributed by atoms with E-state index in [0.29, 0.717) is 11.0 Å². The molecule has 84 valence electrons. The zero-order chi connectivity index (χ0) is 11.9. The first-order chi connectivity index (χ1) is 7.54. The monoisotopic (exact) mass is 219 g/mol. The van der Waals surface area contributed by atoms with Crippen LogP contribution in [0.2, 0.25) is 0 Å². The van der Waals surface area contributed by atoms with Gasteiger partial charge in [0.1, 0.15) is 5.58 Å². The number of anilines is 1. The highest BCUT2D eigenvalue weighted by Gasteiger charge is 2.12. The van der Waals surface area contributed by atoms with Crippen molar-refractivity contribution in [1.29, 1.82) is 0 Å². The van der Waals surface area contributed by atoms with Gasteiger partial charge in [0.15, 0.2) is 11.3 Å². The number of fused-ring (bicyclic) bond motifs is 1. The van der Waals surface area contributed by atoms with E-state index in [-0.39, 0.29) is 16.9 Å². The lowest BCUT2D eigenvalue weighted by atomic mass is 10.1. The molecule has 0 fully saturated rings. The highest BCUT2D eigenvalue weighted by Crippen LogP contribution is 2.20. The molecule has 3 N–H and O–H groups in total. The van der Waals surface area contributed by atoms with E-state index < -0.39 is 6.61 Å². The Morgan fingerprint density at radius 3 is 2.56 bits per heavy atom. The molecule has 2 rings (SSSR count). The Bertz CT molecular complexity index is 614. The van der Waals surface area contributed by atoms with E-state index in [1.54, 1.807) is 12.1 Å². The highest BCUT2D eigenvalue weighted by molar-refractivity contribution is 5.80. The van der Waals surface area contributed by atoms with Crippen molar-refractivity contribution >= 4 is 16.9 Å². The number of hydrogen-bond acceptors (Lipinski definition) is 4. The van der Waals surface area contributed by atoms with Gasteiger partial charge in [-0.25, -0.2) is 0 Å². The maximum absolute atomic E-state index is 11.9. The number of aryl methyl sites for hydroxylation is 2. The minimum atomic E-state index is -0.406. The summed E-state index contributed by atoms with van der Waals surface area (Å²) >= 11 is 0. The fourth-order valence-electron chi connectivity index (χ4n) is 1.66. The molecule has 0 saturated heterocycles. The normalized spacial score (nSPS) is 10.9. The standard InChI is InChI=1S/C12H13NO3/c1-6-3-8-10(4-7(6)2)16-12(13)9(5-14)11(8)15/h3-4,14H,5,13H2,1-2H3. The van der Waals surface area contributed by atoms with Crippen molar-refractivity contribution in [2.45, 2.75) is 20.5 Å². The molecule has 0 saturated carbocycles. The molecule has 4 heteroatoms. The van der Waals surface area contributed by atoms with Gasteiger partial charge in [-0.15, -0.1) is 0 Å². The van der Waals surface area contributed by atoms with Crippen LogP contribution >= 0.6 is 0 Å². The second kappa shape index (κ2) is 3.64. The number of nitrogens with two attached hydrogens (primary N) is 1. The third-order valence-corrected chi connectivity index (χ3v) is 2.79. The maximum atomic E-state index is 11.9. The largest absolute Gasteiger partial charge is 0.440 e. The zero-order valence-electron chi connectivity index (χ0n) is 9.20. The summed E-state index contributed by atoms with van der Waals surface area (Å²) < 4.78 is 5.32. The van der Waals surface area contributed by atoms with Crippen LogP contribution in [0.25, 0.3) is 11.0 Å². The Hall–Kier alpha value is -1.81. The predicted octanol–water partition coefficient (Wildman–Crippen LogP) is 1.48. The molecule has 0 spiro atoms. The van der Waals surface area contributed by atoms with E-state index in [1.165, 1.54) is 0 Å². The Kier molecular flexibility index (Phi) is 2.44. The van der Waals surface area contributed by atoms with Crippen LogP contribution in [0.15, 0.2) is 21.3 Å². The van der Waals surface area contributed by atoms with Crippen LogP contribution in [0, 0.1) is 13.8 Å². The smallest absolute Gasteiger partial charge is 0.200 e. The summed E-state index contributed by atoms with van der Waals surface area (Å²) in [7, 11) is 0. The zero-order valence-corrected chi connectivity index (χ0v) is 9.20. The molecule has 16 heavy (non-hydrogen) atoms. The van der Waals surface area contributed by atoms with Crippen molar-refractivity contribution in [3.63, 3.8) is 0 Å². The summed E-state index contributed by atoms with van der Waals surface area (Å²) in [6.45, 7) is 3.45. The van der Waals surface area contributed by atoms with E-state index in [1.807, 2.05) is 13.8 Å². The molecule has 1 heterocycles. The minimum absolute atomic E-state index is 0.0109. The molecule has 0 aliphatic carbocycles. The Balaban J connectivity index is 2.94. The molecule has 0 amide bonds. The summed E-state index contributed by atoms with van der Waals surface area (Å²) in [5.41, 5.74) is 7.92. The van der Waals surface area contributed by atoms with E-state index in [4.69, 9.17) is 15.3 Å². The van der Waals surface area contributed by atoms with Gasteiger partial charge >= 0.3 is 0 Å². The van der Waals surface area contributed by atoms with Crippen LogP contribution < -0.4 is 11.2 Å². The van der Waals surface area contributed by atoms with Gasteiger partial charge in [-0.2, -0.15) is 0 Å². The van der Waals surface area contributed by atoms with E-state index in [0.717, 1.165) is 11.1 Å². The van der Waals surface area contributed by atoms with Crippen molar-refractivity contribution in [2.75, 3.05) is 5.73 Å². The quantitative estimate of drug-likeness (QED) is 0.761. The molecule has 0 radical (unpaired) electrons. The van der Waals surface area contributed by atoms with Crippen molar-refractivity contribution in [3.05, 3.63) is 39.0 Å². The molecule has 0 aliphatic heterocycles. The molecular weight excluding hydrogens is 206 g/mol. The van der Waals surface area contributed by atoms with Crippen LogP contribution in [0.1, 0.15) is 16.7 Å². The fourth-order valence-corrected chi connectivity index (χ4v) is 1.66. The van der Waals surface area contributed by atoms with E-state index in [9.17, 15) is 4.79 Å². The molecular formula is C12H13NO3. The number of hydrogen-bond donors (Lipinski definition) is 2. The highest BCUT2D eigenvalue weighted by atomic mass is 16.3.